The van der Waals surface area contributed by atoms with Gasteiger partial charge in [-0.3, -0.25) is 4.79 Å². The Morgan fingerprint density at radius 2 is 2.33 bits per heavy atom. The number of ether oxygens (including phenoxy) is 1. The average molecular weight is 271 g/mol. The summed E-state index contributed by atoms with van der Waals surface area (Å²) >= 11 is 1.57. The van der Waals surface area contributed by atoms with Crippen molar-refractivity contribution >= 4 is 22.4 Å². The van der Waals surface area contributed by atoms with Gasteiger partial charge in [0.25, 0.3) is 0 Å². The number of rotatable bonds is 7. The predicted octanol–water partition coefficient (Wildman–Crippen LogP) is 1.61. The summed E-state index contributed by atoms with van der Waals surface area (Å²) < 4.78 is 4.60. The van der Waals surface area contributed by atoms with Gasteiger partial charge >= 0.3 is 5.97 Å². The normalized spacial score (nSPS) is 12.5. The molecule has 0 spiro atoms. The van der Waals surface area contributed by atoms with Gasteiger partial charge in [-0.1, -0.05) is 0 Å². The number of aryl methyl sites for hydroxylation is 1. The highest BCUT2D eigenvalue weighted by Crippen LogP contribution is 2.17. The van der Waals surface area contributed by atoms with Crippen LogP contribution >= 0.6 is 11.3 Å². The van der Waals surface area contributed by atoms with Gasteiger partial charge in [0.15, 0.2) is 5.13 Å². The second-order valence-corrected chi connectivity index (χ2v) is 5.39. The van der Waals surface area contributed by atoms with Gasteiger partial charge in [-0.2, -0.15) is 0 Å². The number of thiazole rings is 1. The lowest BCUT2D eigenvalue weighted by Crippen LogP contribution is -2.29. The van der Waals surface area contributed by atoms with E-state index in [0.29, 0.717) is 18.9 Å². The number of aromatic nitrogens is 1. The molecule has 0 aliphatic carbocycles. The fourth-order valence-electron chi connectivity index (χ4n) is 1.62. The van der Waals surface area contributed by atoms with Gasteiger partial charge < -0.3 is 15.0 Å². The number of nitrogens with zero attached hydrogens (tertiary/aromatic N) is 2. The molecule has 0 aromatic carbocycles. The molecule has 1 heterocycles. The molecule has 0 radical (unpaired) electrons. The van der Waals surface area contributed by atoms with E-state index in [1.165, 1.54) is 7.11 Å². The molecular formula is C12H21N3O2S. The van der Waals surface area contributed by atoms with Gasteiger partial charge in [-0.15, -0.1) is 11.3 Å². The number of hydrogen-bond donors (Lipinski definition) is 1. The second-order valence-electron chi connectivity index (χ2n) is 4.53. The molecule has 1 aromatic rings. The van der Waals surface area contributed by atoms with Gasteiger partial charge in [0.1, 0.15) is 0 Å². The number of anilines is 1. The van der Waals surface area contributed by atoms with E-state index in [-0.39, 0.29) is 5.97 Å². The lowest BCUT2D eigenvalue weighted by Gasteiger charge is -2.17. The van der Waals surface area contributed by atoms with E-state index < -0.39 is 0 Å². The molecule has 0 amide bonds. The lowest BCUT2D eigenvalue weighted by molar-refractivity contribution is -0.140. The molecule has 6 heteroatoms. The smallest absolute Gasteiger partial charge is 0.305 e. The Hall–Kier alpha value is -1.14. The average Bonchev–Trinajstić information content (AvgIpc) is 2.72. The van der Waals surface area contributed by atoms with Crippen molar-refractivity contribution in [1.82, 2.24) is 9.88 Å². The molecule has 0 saturated heterocycles. The van der Waals surface area contributed by atoms with Crippen LogP contribution in [0.25, 0.3) is 0 Å². The number of carbonyl (C=O) groups is 1. The van der Waals surface area contributed by atoms with Gasteiger partial charge in [0, 0.05) is 24.4 Å². The highest BCUT2D eigenvalue weighted by atomic mass is 32.1. The second kappa shape index (κ2) is 7.33. The molecule has 0 aliphatic rings. The number of methoxy groups -OCH3 is 1. The first-order valence-corrected chi connectivity index (χ1v) is 6.81. The SMILES string of the molecule is COC(=O)CCc1csc(NC(C)CN(C)C)n1. The number of hydrogen-bond acceptors (Lipinski definition) is 6. The molecule has 1 unspecified atom stereocenters. The van der Waals surface area contributed by atoms with E-state index in [0.717, 1.165) is 17.4 Å². The van der Waals surface area contributed by atoms with Crippen LogP contribution in [0.15, 0.2) is 5.38 Å². The monoisotopic (exact) mass is 271 g/mol. The third-order valence-corrected chi connectivity index (χ3v) is 3.20. The Labute approximate surface area is 112 Å². The highest BCUT2D eigenvalue weighted by Gasteiger charge is 2.08. The zero-order valence-corrected chi connectivity index (χ0v) is 12.2. The van der Waals surface area contributed by atoms with Crippen LogP contribution in [0.5, 0.6) is 0 Å². The molecule has 18 heavy (non-hydrogen) atoms. The molecule has 1 rings (SSSR count). The first-order chi connectivity index (χ1) is 8.51. The summed E-state index contributed by atoms with van der Waals surface area (Å²) in [6.07, 6.45) is 1.01. The molecule has 102 valence electrons. The van der Waals surface area contributed by atoms with Crippen molar-refractivity contribution in [3.05, 3.63) is 11.1 Å². The molecule has 0 bridgehead atoms. The van der Waals surface area contributed by atoms with Gasteiger partial charge in [0.05, 0.1) is 19.2 Å². The van der Waals surface area contributed by atoms with E-state index in [9.17, 15) is 4.79 Å². The number of likely N-dealkylation sites (N-methyl/N-ethyl adjacent to an activating group) is 1. The minimum Gasteiger partial charge on any atom is -0.469 e. The molecular weight excluding hydrogens is 250 g/mol. The van der Waals surface area contributed by atoms with E-state index in [1.54, 1.807) is 11.3 Å². The minimum absolute atomic E-state index is 0.196. The topological polar surface area (TPSA) is 54.5 Å². The Morgan fingerprint density at radius 1 is 1.61 bits per heavy atom. The fourth-order valence-corrected chi connectivity index (χ4v) is 2.48. The largest absolute Gasteiger partial charge is 0.469 e. The number of nitrogens with one attached hydrogen (secondary N) is 1. The van der Waals surface area contributed by atoms with Crippen LogP contribution < -0.4 is 5.32 Å². The first-order valence-electron chi connectivity index (χ1n) is 5.93. The van der Waals surface area contributed by atoms with Gasteiger partial charge in [-0.05, 0) is 21.0 Å². The summed E-state index contributed by atoms with van der Waals surface area (Å²) in [6.45, 7) is 3.08. The van der Waals surface area contributed by atoms with Gasteiger partial charge in [0.2, 0.25) is 0 Å². The maximum absolute atomic E-state index is 11.0. The van der Waals surface area contributed by atoms with Crippen molar-refractivity contribution in [3.63, 3.8) is 0 Å². The van der Waals surface area contributed by atoms with Crippen LogP contribution in [-0.4, -0.2) is 49.6 Å². The minimum atomic E-state index is -0.196. The maximum Gasteiger partial charge on any atom is 0.305 e. The maximum atomic E-state index is 11.0. The molecule has 1 aromatic heterocycles. The fraction of sp³-hybridized carbons (Fsp3) is 0.667. The van der Waals surface area contributed by atoms with Crippen LogP contribution in [0.4, 0.5) is 5.13 Å². The summed E-state index contributed by atoms with van der Waals surface area (Å²) in [5.74, 6) is -0.196. The summed E-state index contributed by atoms with van der Waals surface area (Å²) in [5.41, 5.74) is 0.935. The van der Waals surface area contributed by atoms with Crippen molar-refractivity contribution in [1.29, 1.82) is 0 Å². The Kier molecular flexibility index (Phi) is 6.07. The van der Waals surface area contributed by atoms with E-state index in [4.69, 9.17) is 0 Å². The summed E-state index contributed by atoms with van der Waals surface area (Å²) in [5, 5.41) is 6.23. The summed E-state index contributed by atoms with van der Waals surface area (Å²) in [6, 6.07) is 0.347. The number of esters is 1. The molecule has 0 aliphatic heterocycles. The predicted molar refractivity (Wildman–Crippen MR) is 74.1 cm³/mol. The van der Waals surface area contributed by atoms with Crippen molar-refractivity contribution < 1.29 is 9.53 Å². The molecule has 1 atom stereocenters. The third kappa shape index (κ3) is 5.46. The highest BCUT2D eigenvalue weighted by molar-refractivity contribution is 7.13. The molecule has 0 fully saturated rings. The van der Waals surface area contributed by atoms with Crippen LogP contribution in [-0.2, 0) is 16.0 Å². The Morgan fingerprint density at radius 3 is 2.94 bits per heavy atom. The first kappa shape index (κ1) is 14.9. The van der Waals surface area contributed by atoms with Gasteiger partial charge in [-0.25, -0.2) is 4.98 Å². The third-order valence-electron chi connectivity index (χ3n) is 2.37. The van der Waals surface area contributed by atoms with Crippen LogP contribution in [0.1, 0.15) is 19.0 Å². The number of carbonyl (C=O) groups excluding carboxylic acids is 1. The summed E-state index contributed by atoms with van der Waals surface area (Å²) in [4.78, 5) is 17.6. The van der Waals surface area contributed by atoms with Crippen LogP contribution in [0, 0.1) is 0 Å². The Balaban J connectivity index is 2.40. The quantitative estimate of drug-likeness (QED) is 0.764. The van der Waals surface area contributed by atoms with Crippen molar-refractivity contribution in [2.75, 3.05) is 33.1 Å². The van der Waals surface area contributed by atoms with Crippen LogP contribution in [0.3, 0.4) is 0 Å². The van der Waals surface area contributed by atoms with E-state index >= 15 is 0 Å². The standard InChI is InChI=1S/C12H21N3O2S/c1-9(7-15(2)3)13-12-14-10(8-18-12)5-6-11(16)17-4/h8-9H,5-7H2,1-4H3,(H,13,14). The molecule has 0 saturated carbocycles. The molecule has 1 N–H and O–H groups in total. The van der Waals surface area contributed by atoms with Crippen molar-refractivity contribution in [3.8, 4) is 0 Å². The van der Waals surface area contributed by atoms with Crippen LogP contribution in [0.2, 0.25) is 0 Å². The zero-order valence-electron chi connectivity index (χ0n) is 11.4. The van der Waals surface area contributed by atoms with Crippen molar-refractivity contribution in [2.45, 2.75) is 25.8 Å². The lowest BCUT2D eigenvalue weighted by atomic mass is 10.2. The zero-order chi connectivity index (χ0) is 13.5. The van der Waals surface area contributed by atoms with E-state index in [1.807, 2.05) is 19.5 Å². The molecule has 5 nitrogen and oxygen atoms in total. The van der Waals surface area contributed by atoms with E-state index in [2.05, 4.69) is 26.9 Å². The summed E-state index contributed by atoms with van der Waals surface area (Å²) in [7, 11) is 5.49. The Bertz CT molecular complexity index is 379. The van der Waals surface area contributed by atoms with Crippen molar-refractivity contribution in [2.24, 2.45) is 0 Å².